The third kappa shape index (κ3) is 4.30. The predicted molar refractivity (Wildman–Crippen MR) is 119 cm³/mol. The normalized spacial score (nSPS) is 11.9. The Morgan fingerprint density at radius 2 is 1.77 bits per heavy atom. The van der Waals surface area contributed by atoms with Crippen LogP contribution in [0.4, 0.5) is 5.69 Å². The van der Waals surface area contributed by atoms with Crippen molar-refractivity contribution in [2.75, 3.05) is 0 Å². The Morgan fingerprint density at radius 3 is 2.55 bits per heavy atom. The fourth-order valence-electron chi connectivity index (χ4n) is 3.95. The first-order chi connectivity index (χ1) is 15.0. The molecule has 0 radical (unpaired) electrons. The zero-order valence-electron chi connectivity index (χ0n) is 17.1. The van der Waals surface area contributed by atoms with E-state index in [0.29, 0.717) is 12.1 Å². The minimum Gasteiger partial charge on any atom is -0.352 e. The number of nitrogens with one attached hydrogen (secondary N) is 1. The van der Waals surface area contributed by atoms with Crippen molar-refractivity contribution in [1.29, 1.82) is 0 Å². The standard InChI is InChI=1S/C24H22N4O3/c1-27-16-21(19-7-2-4-8-22(19)27)20(18-6-3-5-9-23(18)28(30)31)14-24(29)26-15-17-10-12-25-13-11-17/h2-13,16,20H,14-15H2,1H3,(H,26,29). The van der Waals surface area contributed by atoms with E-state index in [1.165, 1.54) is 6.07 Å². The monoisotopic (exact) mass is 414 g/mol. The summed E-state index contributed by atoms with van der Waals surface area (Å²) < 4.78 is 1.99. The van der Waals surface area contributed by atoms with Gasteiger partial charge in [-0.25, -0.2) is 0 Å². The summed E-state index contributed by atoms with van der Waals surface area (Å²) in [4.78, 5) is 28.2. The van der Waals surface area contributed by atoms with Crippen LogP contribution in [-0.2, 0) is 18.4 Å². The van der Waals surface area contributed by atoms with Crippen LogP contribution in [0.5, 0.6) is 0 Å². The van der Waals surface area contributed by atoms with Crippen LogP contribution >= 0.6 is 0 Å². The molecule has 0 bridgehead atoms. The molecule has 4 rings (SSSR count). The van der Waals surface area contributed by atoms with Gasteiger partial charge in [-0.2, -0.15) is 0 Å². The first-order valence-corrected chi connectivity index (χ1v) is 9.97. The zero-order valence-corrected chi connectivity index (χ0v) is 17.1. The summed E-state index contributed by atoms with van der Waals surface area (Å²) in [7, 11) is 1.94. The molecule has 0 saturated carbocycles. The molecule has 0 aliphatic heterocycles. The van der Waals surface area contributed by atoms with Crippen molar-refractivity contribution in [3.8, 4) is 0 Å². The maximum atomic E-state index is 12.9. The minimum absolute atomic E-state index is 0.0161. The number of benzene rings is 2. The lowest BCUT2D eigenvalue weighted by Crippen LogP contribution is -2.25. The molecule has 4 aromatic rings. The van der Waals surface area contributed by atoms with Gasteiger partial charge in [-0.05, 0) is 29.3 Å². The topological polar surface area (TPSA) is 90.1 Å². The lowest BCUT2D eigenvalue weighted by molar-refractivity contribution is -0.385. The molecule has 1 N–H and O–H groups in total. The second kappa shape index (κ2) is 8.79. The van der Waals surface area contributed by atoms with Gasteiger partial charge >= 0.3 is 0 Å². The van der Waals surface area contributed by atoms with Crippen LogP contribution in [0, 0.1) is 10.1 Å². The van der Waals surface area contributed by atoms with Crippen molar-refractivity contribution < 1.29 is 9.72 Å². The summed E-state index contributed by atoms with van der Waals surface area (Å²) in [5, 5.41) is 15.6. The van der Waals surface area contributed by atoms with Gasteiger partial charge in [0.2, 0.25) is 5.91 Å². The summed E-state index contributed by atoms with van der Waals surface area (Å²) in [6, 6.07) is 18.2. The van der Waals surface area contributed by atoms with Crippen LogP contribution < -0.4 is 5.32 Å². The molecule has 1 amide bonds. The molecule has 7 heteroatoms. The average molecular weight is 414 g/mol. The molecule has 156 valence electrons. The lowest BCUT2D eigenvalue weighted by atomic mass is 9.87. The third-order valence-corrected chi connectivity index (χ3v) is 5.44. The van der Waals surface area contributed by atoms with Crippen molar-refractivity contribution in [3.63, 3.8) is 0 Å². The molecule has 0 fully saturated rings. The first-order valence-electron chi connectivity index (χ1n) is 9.97. The number of carbonyl (C=O) groups is 1. The smallest absolute Gasteiger partial charge is 0.273 e. The van der Waals surface area contributed by atoms with E-state index in [2.05, 4.69) is 10.3 Å². The summed E-state index contributed by atoms with van der Waals surface area (Å²) in [6.45, 7) is 0.375. The highest BCUT2D eigenvalue weighted by molar-refractivity contribution is 5.87. The number of aromatic nitrogens is 2. The number of nitro groups is 1. The predicted octanol–water partition coefficient (Wildman–Crippen LogP) is 4.32. The van der Waals surface area contributed by atoms with E-state index in [0.717, 1.165) is 22.0 Å². The van der Waals surface area contributed by atoms with E-state index in [-0.39, 0.29) is 22.9 Å². The fraction of sp³-hybridized carbons (Fsp3) is 0.167. The molecule has 31 heavy (non-hydrogen) atoms. The van der Waals surface area contributed by atoms with Gasteiger partial charge in [0.1, 0.15) is 0 Å². The number of nitro benzene ring substituents is 1. The fourth-order valence-corrected chi connectivity index (χ4v) is 3.95. The molecule has 1 atom stereocenters. The summed E-state index contributed by atoms with van der Waals surface area (Å²) in [5.41, 5.74) is 3.39. The van der Waals surface area contributed by atoms with Crippen LogP contribution in [0.25, 0.3) is 10.9 Å². The number of carbonyl (C=O) groups excluding carboxylic acids is 1. The molecule has 2 aromatic heterocycles. The summed E-state index contributed by atoms with van der Waals surface area (Å²) in [6.07, 6.45) is 5.41. The number of hydrogen-bond donors (Lipinski definition) is 1. The van der Waals surface area contributed by atoms with E-state index in [9.17, 15) is 14.9 Å². The van der Waals surface area contributed by atoms with Crippen LogP contribution in [0.2, 0.25) is 0 Å². The Labute approximate surface area is 179 Å². The Bertz CT molecular complexity index is 1230. The lowest BCUT2D eigenvalue weighted by Gasteiger charge is -2.17. The highest BCUT2D eigenvalue weighted by atomic mass is 16.6. The largest absolute Gasteiger partial charge is 0.352 e. The van der Waals surface area contributed by atoms with E-state index >= 15 is 0 Å². The minimum atomic E-state index is -0.454. The van der Waals surface area contributed by atoms with Crippen LogP contribution in [0.1, 0.15) is 29.0 Å². The molecule has 1 unspecified atom stereocenters. The molecule has 2 heterocycles. The molecule has 2 aromatic carbocycles. The zero-order chi connectivity index (χ0) is 21.8. The van der Waals surface area contributed by atoms with E-state index in [4.69, 9.17) is 0 Å². The number of amides is 1. The average Bonchev–Trinajstić information content (AvgIpc) is 3.13. The third-order valence-electron chi connectivity index (χ3n) is 5.44. The molecular formula is C24H22N4O3. The SMILES string of the molecule is Cn1cc(C(CC(=O)NCc2ccncc2)c2ccccc2[N+](=O)[O-])c2ccccc21. The van der Waals surface area contributed by atoms with Gasteiger partial charge in [-0.1, -0.05) is 36.4 Å². The van der Waals surface area contributed by atoms with E-state index in [1.807, 2.05) is 54.2 Å². The summed E-state index contributed by atoms with van der Waals surface area (Å²) in [5.74, 6) is -0.627. The number of pyridine rings is 1. The summed E-state index contributed by atoms with van der Waals surface area (Å²) >= 11 is 0. The van der Waals surface area contributed by atoms with Crippen LogP contribution in [0.3, 0.4) is 0 Å². The molecule has 0 aliphatic carbocycles. The second-order valence-corrected chi connectivity index (χ2v) is 7.42. The van der Waals surface area contributed by atoms with Crippen molar-refractivity contribution in [2.45, 2.75) is 18.9 Å². The van der Waals surface area contributed by atoms with Gasteiger partial charge in [0.05, 0.1) is 4.92 Å². The second-order valence-electron chi connectivity index (χ2n) is 7.42. The van der Waals surface area contributed by atoms with Crippen molar-refractivity contribution in [3.05, 3.63) is 106 Å². The van der Waals surface area contributed by atoms with Gasteiger partial charge in [0.25, 0.3) is 5.69 Å². The van der Waals surface area contributed by atoms with Crippen molar-refractivity contribution in [2.24, 2.45) is 7.05 Å². The molecular weight excluding hydrogens is 392 g/mol. The highest BCUT2D eigenvalue weighted by Crippen LogP contribution is 2.38. The molecule has 7 nitrogen and oxygen atoms in total. The maximum absolute atomic E-state index is 12.9. The molecule has 0 spiro atoms. The highest BCUT2D eigenvalue weighted by Gasteiger charge is 2.28. The Kier molecular flexibility index (Phi) is 5.75. The van der Waals surface area contributed by atoms with Gasteiger partial charge in [0, 0.05) is 67.1 Å². The Balaban J connectivity index is 1.71. The molecule has 0 saturated heterocycles. The quantitative estimate of drug-likeness (QED) is 0.360. The van der Waals surface area contributed by atoms with Gasteiger partial charge < -0.3 is 9.88 Å². The number of rotatable bonds is 7. The number of hydrogen-bond acceptors (Lipinski definition) is 4. The Hall–Kier alpha value is -4.00. The number of aryl methyl sites for hydroxylation is 1. The van der Waals surface area contributed by atoms with Gasteiger partial charge in [-0.15, -0.1) is 0 Å². The van der Waals surface area contributed by atoms with Crippen LogP contribution in [-0.4, -0.2) is 20.4 Å². The number of para-hydroxylation sites is 2. The van der Waals surface area contributed by atoms with E-state index in [1.54, 1.807) is 30.6 Å². The van der Waals surface area contributed by atoms with Crippen molar-refractivity contribution >= 4 is 22.5 Å². The first kappa shape index (κ1) is 20.3. The van der Waals surface area contributed by atoms with Crippen LogP contribution in [0.15, 0.2) is 79.3 Å². The van der Waals surface area contributed by atoms with E-state index < -0.39 is 5.92 Å². The van der Waals surface area contributed by atoms with Crippen molar-refractivity contribution in [1.82, 2.24) is 14.9 Å². The number of fused-ring (bicyclic) bond motifs is 1. The number of nitrogens with zero attached hydrogens (tertiary/aromatic N) is 3. The maximum Gasteiger partial charge on any atom is 0.273 e. The Morgan fingerprint density at radius 1 is 1.06 bits per heavy atom. The van der Waals surface area contributed by atoms with Gasteiger partial charge in [-0.3, -0.25) is 19.9 Å². The molecule has 0 aliphatic rings. The van der Waals surface area contributed by atoms with Gasteiger partial charge in [0.15, 0.2) is 0 Å².